The zero-order valence-corrected chi connectivity index (χ0v) is 16.5. The summed E-state index contributed by atoms with van der Waals surface area (Å²) in [4.78, 5) is 25.8. The van der Waals surface area contributed by atoms with Crippen LogP contribution < -0.4 is 10.9 Å². The van der Waals surface area contributed by atoms with E-state index in [0.29, 0.717) is 11.2 Å². The number of rotatable bonds is 4. The highest BCUT2D eigenvalue weighted by atomic mass is 16.2. The normalized spacial score (nSPS) is 11.8. The van der Waals surface area contributed by atoms with Gasteiger partial charge >= 0.3 is 0 Å². The number of carbonyl (C=O) groups is 1. The van der Waals surface area contributed by atoms with E-state index in [4.69, 9.17) is 0 Å². The molecule has 148 valence electrons. The third-order valence-corrected chi connectivity index (χ3v) is 5.06. The minimum Gasteiger partial charge on any atom is -0.308 e. The van der Waals surface area contributed by atoms with Gasteiger partial charge in [0.15, 0.2) is 5.82 Å². The summed E-state index contributed by atoms with van der Waals surface area (Å²) in [5.41, 5.74) is 2.22. The Morgan fingerprint density at radius 1 is 1.13 bits per heavy atom. The van der Waals surface area contributed by atoms with Gasteiger partial charge in [0.05, 0.1) is 17.4 Å². The SMILES string of the molecule is Cc1cc(=O)n(C(C)C(=O)Nc2c(C#N)cnn2-c2ccccc2)c2ccccc12. The summed E-state index contributed by atoms with van der Waals surface area (Å²) in [6, 6.07) is 19.5. The Morgan fingerprint density at radius 2 is 1.83 bits per heavy atom. The second-order valence-electron chi connectivity index (χ2n) is 6.98. The first-order valence-corrected chi connectivity index (χ1v) is 9.46. The Morgan fingerprint density at radius 3 is 2.57 bits per heavy atom. The molecule has 1 atom stereocenters. The molecule has 2 heterocycles. The van der Waals surface area contributed by atoms with Crippen LogP contribution in [0.15, 0.2) is 71.7 Å². The molecule has 0 aliphatic carbocycles. The second-order valence-corrected chi connectivity index (χ2v) is 6.98. The fourth-order valence-corrected chi connectivity index (χ4v) is 3.52. The highest BCUT2D eigenvalue weighted by Crippen LogP contribution is 2.23. The van der Waals surface area contributed by atoms with Crippen molar-refractivity contribution >= 4 is 22.6 Å². The summed E-state index contributed by atoms with van der Waals surface area (Å²) in [5.74, 6) is -0.148. The number of anilines is 1. The molecule has 1 unspecified atom stereocenters. The number of amides is 1. The van der Waals surface area contributed by atoms with E-state index >= 15 is 0 Å². The Balaban J connectivity index is 1.75. The van der Waals surface area contributed by atoms with Crippen LogP contribution in [0.25, 0.3) is 16.6 Å². The van der Waals surface area contributed by atoms with E-state index in [2.05, 4.69) is 16.5 Å². The molecule has 4 rings (SSSR count). The van der Waals surface area contributed by atoms with E-state index in [1.54, 1.807) is 6.92 Å². The lowest BCUT2D eigenvalue weighted by Gasteiger charge is -2.19. The molecule has 7 heteroatoms. The molecule has 0 aliphatic heterocycles. The quantitative estimate of drug-likeness (QED) is 0.570. The molecule has 0 aliphatic rings. The number of nitrogens with one attached hydrogen (secondary N) is 1. The average Bonchev–Trinajstić information content (AvgIpc) is 3.16. The summed E-state index contributed by atoms with van der Waals surface area (Å²) in [6.45, 7) is 3.53. The van der Waals surface area contributed by atoms with Crippen molar-refractivity contribution in [1.82, 2.24) is 14.3 Å². The predicted molar refractivity (Wildman–Crippen MR) is 115 cm³/mol. The van der Waals surface area contributed by atoms with Crippen LogP contribution in [0.2, 0.25) is 0 Å². The van der Waals surface area contributed by atoms with Crippen LogP contribution in [0.5, 0.6) is 0 Å². The number of para-hydroxylation sites is 2. The first-order chi connectivity index (χ1) is 14.5. The molecular formula is C23H19N5O2. The Bertz CT molecular complexity index is 1350. The van der Waals surface area contributed by atoms with Crippen LogP contribution >= 0.6 is 0 Å². The minimum absolute atomic E-state index is 0.237. The minimum atomic E-state index is -0.798. The molecule has 1 N–H and O–H groups in total. The zero-order valence-electron chi connectivity index (χ0n) is 16.5. The molecule has 0 bridgehead atoms. The van der Waals surface area contributed by atoms with E-state index in [1.807, 2.05) is 61.5 Å². The molecule has 0 saturated carbocycles. The maximum Gasteiger partial charge on any atom is 0.252 e. The molecule has 7 nitrogen and oxygen atoms in total. The predicted octanol–water partition coefficient (Wildman–Crippen LogP) is 3.57. The Labute approximate surface area is 172 Å². The zero-order chi connectivity index (χ0) is 21.3. The molecule has 0 spiro atoms. The standard InChI is InChI=1S/C23H19N5O2/c1-15-12-21(29)27(20-11-7-6-10-19(15)20)16(2)23(30)26-22-17(13-24)14-25-28(22)18-8-4-3-5-9-18/h3-12,14,16H,1-2H3,(H,26,30). The number of hydrogen-bond donors (Lipinski definition) is 1. The number of pyridine rings is 1. The van der Waals surface area contributed by atoms with Gasteiger partial charge in [-0.05, 0) is 37.6 Å². The summed E-state index contributed by atoms with van der Waals surface area (Å²) < 4.78 is 2.96. The van der Waals surface area contributed by atoms with Crippen molar-refractivity contribution in [3.05, 3.63) is 88.3 Å². The molecule has 0 radical (unpaired) electrons. The van der Waals surface area contributed by atoms with Crippen molar-refractivity contribution in [2.24, 2.45) is 0 Å². The van der Waals surface area contributed by atoms with Crippen LogP contribution in [0.1, 0.15) is 24.1 Å². The third-order valence-electron chi connectivity index (χ3n) is 5.06. The van der Waals surface area contributed by atoms with Crippen LogP contribution in [0, 0.1) is 18.3 Å². The number of nitrogens with zero attached hydrogens (tertiary/aromatic N) is 4. The van der Waals surface area contributed by atoms with Gasteiger partial charge in [0.25, 0.3) is 5.56 Å². The number of nitriles is 1. The number of benzene rings is 2. The number of aryl methyl sites for hydroxylation is 1. The van der Waals surface area contributed by atoms with Crippen LogP contribution in [0.4, 0.5) is 5.82 Å². The van der Waals surface area contributed by atoms with E-state index in [9.17, 15) is 14.9 Å². The van der Waals surface area contributed by atoms with E-state index < -0.39 is 11.9 Å². The van der Waals surface area contributed by atoms with Crippen molar-refractivity contribution < 1.29 is 4.79 Å². The number of hydrogen-bond acceptors (Lipinski definition) is 4. The lowest BCUT2D eigenvalue weighted by molar-refractivity contribution is -0.118. The van der Waals surface area contributed by atoms with Crippen LogP contribution in [0.3, 0.4) is 0 Å². The molecule has 0 saturated heterocycles. The van der Waals surface area contributed by atoms with Crippen molar-refractivity contribution in [2.45, 2.75) is 19.9 Å². The lowest BCUT2D eigenvalue weighted by Crippen LogP contribution is -2.32. The van der Waals surface area contributed by atoms with Gasteiger partial charge in [0, 0.05) is 11.5 Å². The fourth-order valence-electron chi connectivity index (χ4n) is 3.52. The second kappa shape index (κ2) is 7.68. The van der Waals surface area contributed by atoms with Gasteiger partial charge < -0.3 is 5.32 Å². The molecule has 2 aromatic heterocycles. The van der Waals surface area contributed by atoms with E-state index in [-0.39, 0.29) is 16.9 Å². The smallest absolute Gasteiger partial charge is 0.252 e. The average molecular weight is 397 g/mol. The fraction of sp³-hybridized carbons (Fsp3) is 0.130. The molecule has 1 amide bonds. The monoisotopic (exact) mass is 397 g/mol. The van der Waals surface area contributed by atoms with Gasteiger partial charge in [-0.3, -0.25) is 14.2 Å². The van der Waals surface area contributed by atoms with Gasteiger partial charge in [-0.25, -0.2) is 4.68 Å². The number of aromatic nitrogens is 3. The van der Waals surface area contributed by atoms with Crippen LogP contribution in [-0.2, 0) is 4.79 Å². The first kappa shape index (κ1) is 19.2. The largest absolute Gasteiger partial charge is 0.308 e. The summed E-state index contributed by atoms with van der Waals surface area (Å²) in [6.07, 6.45) is 1.40. The van der Waals surface area contributed by atoms with Crippen LogP contribution in [-0.4, -0.2) is 20.3 Å². The van der Waals surface area contributed by atoms with Gasteiger partial charge in [-0.1, -0.05) is 36.4 Å². The van der Waals surface area contributed by atoms with Crippen molar-refractivity contribution in [1.29, 1.82) is 5.26 Å². The van der Waals surface area contributed by atoms with Gasteiger partial charge in [0.1, 0.15) is 17.7 Å². The highest BCUT2D eigenvalue weighted by Gasteiger charge is 2.22. The Hall–Kier alpha value is -4.18. The van der Waals surface area contributed by atoms with Crippen molar-refractivity contribution in [3.8, 4) is 11.8 Å². The maximum atomic E-state index is 13.1. The van der Waals surface area contributed by atoms with Crippen molar-refractivity contribution in [2.75, 3.05) is 5.32 Å². The van der Waals surface area contributed by atoms with E-state index in [0.717, 1.165) is 10.9 Å². The molecular weight excluding hydrogens is 378 g/mol. The van der Waals surface area contributed by atoms with Gasteiger partial charge in [-0.15, -0.1) is 0 Å². The summed E-state index contributed by atoms with van der Waals surface area (Å²) in [5, 5.41) is 17.4. The van der Waals surface area contributed by atoms with E-state index in [1.165, 1.54) is 21.5 Å². The number of fused-ring (bicyclic) bond motifs is 1. The maximum absolute atomic E-state index is 13.1. The summed E-state index contributed by atoms with van der Waals surface area (Å²) in [7, 11) is 0. The molecule has 2 aromatic carbocycles. The Kier molecular flexibility index (Phi) is 4.90. The highest BCUT2D eigenvalue weighted by molar-refractivity contribution is 5.95. The topological polar surface area (TPSA) is 92.7 Å². The van der Waals surface area contributed by atoms with Gasteiger partial charge in [-0.2, -0.15) is 10.4 Å². The summed E-state index contributed by atoms with van der Waals surface area (Å²) >= 11 is 0. The molecule has 4 aromatic rings. The lowest BCUT2D eigenvalue weighted by atomic mass is 10.1. The molecule has 0 fully saturated rings. The number of carbonyl (C=O) groups excluding carboxylic acids is 1. The molecule has 30 heavy (non-hydrogen) atoms. The van der Waals surface area contributed by atoms with Crippen molar-refractivity contribution in [3.63, 3.8) is 0 Å². The van der Waals surface area contributed by atoms with Gasteiger partial charge in [0.2, 0.25) is 5.91 Å². The third kappa shape index (κ3) is 3.25. The first-order valence-electron chi connectivity index (χ1n) is 9.46.